The van der Waals surface area contributed by atoms with Crippen molar-refractivity contribution in [3.05, 3.63) is 18.5 Å². The molecule has 2 aromatic rings. The molecular weight excluding hydrogens is 296 g/mol. The number of ether oxygens (including phenoxy) is 1. The van der Waals surface area contributed by atoms with Crippen LogP contribution in [0.5, 0.6) is 0 Å². The minimum atomic E-state index is -0.218. The Kier molecular flexibility index (Phi) is 5.67. The lowest BCUT2D eigenvalue weighted by molar-refractivity contribution is -0.147. The quantitative estimate of drug-likeness (QED) is 0.765. The lowest BCUT2D eigenvalue weighted by Crippen LogP contribution is -2.22. The van der Waals surface area contributed by atoms with Gasteiger partial charge in [-0.3, -0.25) is 9.59 Å². The number of hydrogen-bond donors (Lipinski definition) is 2. The predicted molar refractivity (Wildman–Crippen MR) is 86.7 cm³/mol. The monoisotopic (exact) mass is 318 g/mol. The maximum Gasteiger partial charge on any atom is 0.308 e. The second kappa shape index (κ2) is 7.71. The van der Waals surface area contributed by atoms with E-state index in [9.17, 15) is 9.59 Å². The number of esters is 1. The summed E-state index contributed by atoms with van der Waals surface area (Å²) in [5.41, 5.74) is 1.38. The second-order valence-corrected chi connectivity index (χ2v) is 5.78. The molecule has 1 atom stereocenters. The SMILES string of the molecule is COC(=O)[C@@H](CCCC(=O)Nc1cnc2[nH]ccc2n1)C(C)C. The van der Waals surface area contributed by atoms with E-state index < -0.39 is 0 Å². The number of aromatic nitrogens is 3. The number of amides is 1. The van der Waals surface area contributed by atoms with E-state index in [1.165, 1.54) is 13.3 Å². The molecule has 7 heteroatoms. The summed E-state index contributed by atoms with van der Waals surface area (Å²) in [4.78, 5) is 35.0. The molecular formula is C16H22N4O3. The Morgan fingerprint density at radius 2 is 2.17 bits per heavy atom. The first kappa shape index (κ1) is 16.9. The van der Waals surface area contributed by atoms with Crippen LogP contribution in [0.1, 0.15) is 33.1 Å². The van der Waals surface area contributed by atoms with E-state index in [1.807, 2.05) is 13.8 Å². The standard InChI is InChI=1S/C16H22N4O3/c1-10(2)11(16(22)23-3)5-4-6-14(21)20-13-9-18-15-12(19-13)7-8-17-15/h7-11H,4-6H2,1-3H3,(H,17,18)(H,19,20,21)/t11-/m0/s1. The average Bonchev–Trinajstić information content (AvgIpc) is 2.98. The zero-order valence-corrected chi connectivity index (χ0v) is 13.6. The van der Waals surface area contributed by atoms with Gasteiger partial charge in [0.1, 0.15) is 5.52 Å². The highest BCUT2D eigenvalue weighted by Gasteiger charge is 2.22. The van der Waals surface area contributed by atoms with Crippen LogP contribution in [0, 0.1) is 11.8 Å². The number of nitrogens with zero attached hydrogens (tertiary/aromatic N) is 2. The largest absolute Gasteiger partial charge is 0.469 e. The maximum absolute atomic E-state index is 12.0. The molecule has 0 aliphatic carbocycles. The summed E-state index contributed by atoms with van der Waals surface area (Å²) in [5.74, 6) is 0.0809. The number of anilines is 1. The molecule has 0 radical (unpaired) electrons. The molecule has 1 amide bonds. The zero-order chi connectivity index (χ0) is 16.8. The van der Waals surface area contributed by atoms with Gasteiger partial charge in [0.2, 0.25) is 5.91 Å². The summed E-state index contributed by atoms with van der Waals surface area (Å²) in [6, 6.07) is 1.79. The fourth-order valence-corrected chi connectivity index (χ4v) is 2.45. The van der Waals surface area contributed by atoms with Crippen LogP contribution in [0.3, 0.4) is 0 Å². The molecule has 2 heterocycles. The van der Waals surface area contributed by atoms with Gasteiger partial charge in [-0.2, -0.15) is 0 Å². The Morgan fingerprint density at radius 3 is 2.87 bits per heavy atom. The van der Waals surface area contributed by atoms with E-state index >= 15 is 0 Å². The van der Waals surface area contributed by atoms with E-state index in [0.717, 1.165) is 0 Å². The number of aromatic amines is 1. The van der Waals surface area contributed by atoms with Gasteiger partial charge in [-0.25, -0.2) is 9.97 Å². The molecule has 2 aromatic heterocycles. The molecule has 2 N–H and O–H groups in total. The Labute approximate surface area is 134 Å². The Balaban J connectivity index is 1.83. The third kappa shape index (κ3) is 4.51. The van der Waals surface area contributed by atoms with Crippen molar-refractivity contribution in [2.45, 2.75) is 33.1 Å². The molecule has 0 unspecified atom stereocenters. The number of rotatable bonds is 7. The van der Waals surface area contributed by atoms with Gasteiger partial charge in [-0.15, -0.1) is 0 Å². The van der Waals surface area contributed by atoms with Crippen LogP contribution >= 0.6 is 0 Å². The van der Waals surface area contributed by atoms with Crippen molar-refractivity contribution in [3.63, 3.8) is 0 Å². The summed E-state index contributed by atoms with van der Waals surface area (Å²) in [7, 11) is 1.39. The van der Waals surface area contributed by atoms with Gasteiger partial charge in [0.15, 0.2) is 11.5 Å². The highest BCUT2D eigenvalue weighted by atomic mass is 16.5. The van der Waals surface area contributed by atoms with Gasteiger partial charge in [0, 0.05) is 12.6 Å². The van der Waals surface area contributed by atoms with Gasteiger partial charge in [-0.1, -0.05) is 13.8 Å². The smallest absolute Gasteiger partial charge is 0.308 e. The predicted octanol–water partition coefficient (Wildman–Crippen LogP) is 2.51. The normalized spacial score (nSPS) is 12.3. The number of fused-ring (bicyclic) bond motifs is 1. The van der Waals surface area contributed by atoms with Gasteiger partial charge in [-0.05, 0) is 24.8 Å². The fourth-order valence-electron chi connectivity index (χ4n) is 2.45. The third-order valence-corrected chi connectivity index (χ3v) is 3.76. The van der Waals surface area contributed by atoms with Crippen molar-refractivity contribution < 1.29 is 14.3 Å². The number of H-pyrrole nitrogens is 1. The molecule has 7 nitrogen and oxygen atoms in total. The minimum Gasteiger partial charge on any atom is -0.469 e. The zero-order valence-electron chi connectivity index (χ0n) is 13.6. The van der Waals surface area contributed by atoms with E-state index in [1.54, 1.807) is 12.3 Å². The summed E-state index contributed by atoms with van der Waals surface area (Å²) in [6.07, 6.45) is 4.83. The number of methoxy groups -OCH3 is 1. The Bertz CT molecular complexity index is 681. The molecule has 0 aromatic carbocycles. The average molecular weight is 318 g/mol. The van der Waals surface area contributed by atoms with Crippen molar-refractivity contribution in [2.75, 3.05) is 12.4 Å². The van der Waals surface area contributed by atoms with Crippen molar-refractivity contribution in [1.82, 2.24) is 15.0 Å². The molecule has 0 saturated carbocycles. The molecule has 2 rings (SSSR count). The molecule has 0 fully saturated rings. The van der Waals surface area contributed by atoms with E-state index in [4.69, 9.17) is 4.74 Å². The van der Waals surface area contributed by atoms with E-state index in [-0.39, 0.29) is 23.7 Å². The first-order valence-corrected chi connectivity index (χ1v) is 7.69. The molecule has 0 bridgehead atoms. The third-order valence-electron chi connectivity index (χ3n) is 3.76. The Hall–Kier alpha value is -2.44. The second-order valence-electron chi connectivity index (χ2n) is 5.78. The molecule has 0 aliphatic rings. The van der Waals surface area contributed by atoms with Crippen molar-refractivity contribution >= 4 is 28.9 Å². The summed E-state index contributed by atoms with van der Waals surface area (Å²) in [5, 5.41) is 2.73. The number of carbonyl (C=O) groups excluding carboxylic acids is 2. The van der Waals surface area contributed by atoms with Gasteiger partial charge in [0.25, 0.3) is 0 Å². The van der Waals surface area contributed by atoms with Crippen LogP contribution in [0.15, 0.2) is 18.5 Å². The van der Waals surface area contributed by atoms with Crippen LogP contribution in [-0.2, 0) is 14.3 Å². The van der Waals surface area contributed by atoms with Crippen molar-refractivity contribution in [1.29, 1.82) is 0 Å². The maximum atomic E-state index is 12.0. The van der Waals surface area contributed by atoms with Gasteiger partial charge in [0.05, 0.1) is 19.2 Å². The van der Waals surface area contributed by atoms with Gasteiger partial charge >= 0.3 is 5.97 Å². The summed E-state index contributed by atoms with van der Waals surface area (Å²) in [6.45, 7) is 3.95. The molecule has 0 aliphatic heterocycles. The van der Waals surface area contributed by atoms with Gasteiger partial charge < -0.3 is 15.0 Å². The summed E-state index contributed by atoms with van der Waals surface area (Å²) >= 11 is 0. The van der Waals surface area contributed by atoms with Crippen LogP contribution in [-0.4, -0.2) is 33.9 Å². The summed E-state index contributed by atoms with van der Waals surface area (Å²) < 4.78 is 4.80. The number of nitrogens with one attached hydrogen (secondary N) is 2. The minimum absolute atomic E-state index is 0.137. The number of hydrogen-bond acceptors (Lipinski definition) is 5. The Morgan fingerprint density at radius 1 is 1.39 bits per heavy atom. The van der Waals surface area contributed by atoms with Crippen LogP contribution in [0.25, 0.3) is 11.2 Å². The highest BCUT2D eigenvalue weighted by molar-refractivity contribution is 5.90. The lowest BCUT2D eigenvalue weighted by atomic mass is 9.90. The van der Waals surface area contributed by atoms with Crippen LogP contribution < -0.4 is 5.32 Å². The first-order chi connectivity index (χ1) is 11.0. The lowest BCUT2D eigenvalue weighted by Gasteiger charge is -2.17. The van der Waals surface area contributed by atoms with E-state index in [0.29, 0.717) is 36.2 Å². The van der Waals surface area contributed by atoms with Crippen LogP contribution in [0.2, 0.25) is 0 Å². The molecule has 124 valence electrons. The fraction of sp³-hybridized carbons (Fsp3) is 0.500. The van der Waals surface area contributed by atoms with E-state index in [2.05, 4.69) is 20.3 Å². The highest BCUT2D eigenvalue weighted by Crippen LogP contribution is 2.20. The van der Waals surface area contributed by atoms with Crippen molar-refractivity contribution in [3.8, 4) is 0 Å². The topological polar surface area (TPSA) is 97.0 Å². The molecule has 0 spiro atoms. The molecule has 23 heavy (non-hydrogen) atoms. The number of carbonyl (C=O) groups is 2. The molecule has 0 saturated heterocycles. The van der Waals surface area contributed by atoms with Crippen molar-refractivity contribution in [2.24, 2.45) is 11.8 Å². The first-order valence-electron chi connectivity index (χ1n) is 7.69. The van der Waals surface area contributed by atoms with Crippen LogP contribution in [0.4, 0.5) is 5.82 Å².